The van der Waals surface area contributed by atoms with Crippen molar-refractivity contribution in [2.24, 2.45) is 0 Å². The van der Waals surface area contributed by atoms with Gasteiger partial charge in [0.15, 0.2) is 0 Å². The molecule has 0 radical (unpaired) electrons. The molecular formula is C15H25N3O4. The fourth-order valence-electron chi connectivity index (χ4n) is 1.99. The molecule has 1 atom stereocenters. The highest BCUT2D eigenvalue weighted by Crippen LogP contribution is 2.10. The Hall–Kier alpha value is -2.05. The molecule has 0 unspecified atom stereocenters. The Labute approximate surface area is 131 Å². The zero-order chi connectivity index (χ0) is 16.8. The summed E-state index contributed by atoms with van der Waals surface area (Å²) in [7, 11) is 1.52. The van der Waals surface area contributed by atoms with Crippen LogP contribution in [0.5, 0.6) is 0 Å². The van der Waals surface area contributed by atoms with Crippen molar-refractivity contribution < 1.29 is 19.1 Å². The van der Waals surface area contributed by atoms with Crippen LogP contribution in [0.25, 0.3) is 0 Å². The van der Waals surface area contributed by atoms with Crippen molar-refractivity contribution in [3.8, 4) is 0 Å². The molecule has 0 aromatic carbocycles. The molecule has 3 amide bonds. The van der Waals surface area contributed by atoms with Crippen molar-refractivity contribution in [2.75, 3.05) is 20.1 Å². The number of hydrogen-bond donors (Lipinski definition) is 2. The van der Waals surface area contributed by atoms with Gasteiger partial charge in [0.05, 0.1) is 6.54 Å². The van der Waals surface area contributed by atoms with Crippen molar-refractivity contribution in [2.45, 2.75) is 45.3 Å². The van der Waals surface area contributed by atoms with E-state index in [2.05, 4.69) is 10.6 Å². The average Bonchev–Trinajstić information content (AvgIpc) is 2.39. The average molecular weight is 311 g/mol. The fourth-order valence-corrected chi connectivity index (χ4v) is 1.99. The zero-order valence-electron chi connectivity index (χ0n) is 13.6. The molecule has 1 aliphatic rings. The Morgan fingerprint density at radius 3 is 2.64 bits per heavy atom. The van der Waals surface area contributed by atoms with E-state index in [1.54, 1.807) is 20.8 Å². The highest BCUT2D eigenvalue weighted by molar-refractivity contribution is 5.89. The molecule has 0 fully saturated rings. The van der Waals surface area contributed by atoms with Crippen LogP contribution < -0.4 is 10.6 Å². The van der Waals surface area contributed by atoms with Crippen molar-refractivity contribution >= 4 is 17.9 Å². The maximum atomic E-state index is 12.5. The first kappa shape index (κ1) is 18.0. The van der Waals surface area contributed by atoms with Crippen molar-refractivity contribution in [3.63, 3.8) is 0 Å². The molecule has 1 rings (SSSR count). The monoisotopic (exact) mass is 311 g/mol. The van der Waals surface area contributed by atoms with Gasteiger partial charge in [-0.15, -0.1) is 0 Å². The van der Waals surface area contributed by atoms with Gasteiger partial charge in [0.25, 0.3) is 0 Å². The van der Waals surface area contributed by atoms with Gasteiger partial charge in [-0.1, -0.05) is 12.2 Å². The third-order valence-electron chi connectivity index (χ3n) is 3.02. The summed E-state index contributed by atoms with van der Waals surface area (Å²) in [6, 6.07) is -0.726. The molecule has 7 heteroatoms. The third kappa shape index (κ3) is 6.15. The predicted octanol–water partition coefficient (Wildman–Crippen LogP) is 0.804. The maximum absolute atomic E-state index is 12.5. The quantitative estimate of drug-likeness (QED) is 0.755. The Bertz CT molecular complexity index is 454. The van der Waals surface area contributed by atoms with Gasteiger partial charge in [-0.3, -0.25) is 9.59 Å². The van der Waals surface area contributed by atoms with Crippen LogP contribution in [0.2, 0.25) is 0 Å². The summed E-state index contributed by atoms with van der Waals surface area (Å²) in [5.41, 5.74) is -0.633. The van der Waals surface area contributed by atoms with Gasteiger partial charge >= 0.3 is 6.09 Å². The molecule has 0 saturated heterocycles. The molecular weight excluding hydrogens is 286 g/mol. The van der Waals surface area contributed by atoms with Gasteiger partial charge in [-0.05, 0) is 33.6 Å². The molecule has 124 valence electrons. The molecule has 1 heterocycles. The lowest BCUT2D eigenvalue weighted by Crippen LogP contribution is -2.52. The van der Waals surface area contributed by atoms with Crippen LogP contribution in [0.4, 0.5) is 4.79 Å². The van der Waals surface area contributed by atoms with E-state index in [0.29, 0.717) is 19.4 Å². The summed E-state index contributed by atoms with van der Waals surface area (Å²) < 4.78 is 5.17. The Morgan fingerprint density at radius 2 is 2.05 bits per heavy atom. The molecule has 0 aromatic rings. The molecule has 1 aliphatic heterocycles. The van der Waals surface area contributed by atoms with Gasteiger partial charge in [0.1, 0.15) is 11.6 Å². The fraction of sp³-hybridized carbons (Fsp3) is 0.667. The molecule has 0 spiro atoms. The van der Waals surface area contributed by atoms with Crippen molar-refractivity contribution in [1.29, 1.82) is 0 Å². The van der Waals surface area contributed by atoms with Crippen LogP contribution in [0.3, 0.4) is 0 Å². The summed E-state index contributed by atoms with van der Waals surface area (Å²) in [6.45, 7) is 5.68. The van der Waals surface area contributed by atoms with E-state index < -0.39 is 17.7 Å². The Morgan fingerprint density at radius 1 is 1.36 bits per heavy atom. The van der Waals surface area contributed by atoms with Crippen LogP contribution in [0.15, 0.2) is 12.2 Å². The second-order valence-electron chi connectivity index (χ2n) is 6.13. The largest absolute Gasteiger partial charge is 0.444 e. The minimum absolute atomic E-state index is 0.0182. The SMILES string of the molecule is CNC(=O)CN1CC/C=C\C[C@H](NC(=O)OC(C)(C)C)C1=O. The highest BCUT2D eigenvalue weighted by atomic mass is 16.6. The Balaban J connectivity index is 2.75. The summed E-state index contributed by atoms with van der Waals surface area (Å²) in [5.74, 6) is -0.521. The lowest BCUT2D eigenvalue weighted by molar-refractivity contribution is -0.137. The topological polar surface area (TPSA) is 87.7 Å². The second-order valence-corrected chi connectivity index (χ2v) is 6.13. The van der Waals surface area contributed by atoms with Crippen LogP contribution in [0.1, 0.15) is 33.6 Å². The molecule has 22 heavy (non-hydrogen) atoms. The smallest absolute Gasteiger partial charge is 0.408 e. The van der Waals surface area contributed by atoms with E-state index in [1.165, 1.54) is 11.9 Å². The van der Waals surface area contributed by atoms with E-state index in [-0.39, 0.29) is 18.4 Å². The number of carbonyl (C=O) groups is 3. The summed E-state index contributed by atoms with van der Waals surface area (Å²) in [4.78, 5) is 37.3. The number of likely N-dealkylation sites (N-methyl/N-ethyl adjacent to an activating group) is 1. The normalized spacial score (nSPS) is 20.6. The highest BCUT2D eigenvalue weighted by Gasteiger charge is 2.28. The minimum Gasteiger partial charge on any atom is -0.444 e. The molecule has 0 saturated carbocycles. The van der Waals surface area contributed by atoms with Gasteiger partial charge in [-0.2, -0.15) is 0 Å². The number of hydrogen-bond acceptors (Lipinski definition) is 4. The lowest BCUT2D eigenvalue weighted by Gasteiger charge is -2.29. The number of rotatable bonds is 3. The van der Waals surface area contributed by atoms with Crippen molar-refractivity contribution in [3.05, 3.63) is 12.2 Å². The van der Waals surface area contributed by atoms with E-state index in [4.69, 9.17) is 4.74 Å². The predicted molar refractivity (Wildman–Crippen MR) is 82.2 cm³/mol. The standard InChI is InChI=1S/C15H25N3O4/c1-15(2,3)22-14(21)17-11-8-6-5-7-9-18(13(11)20)10-12(19)16-4/h5-6,11H,7-10H2,1-4H3,(H,16,19)(H,17,21)/b6-5-/t11-/m0/s1. The molecule has 7 nitrogen and oxygen atoms in total. The number of nitrogens with zero attached hydrogens (tertiary/aromatic N) is 1. The maximum Gasteiger partial charge on any atom is 0.408 e. The van der Waals surface area contributed by atoms with Crippen LogP contribution in [-0.4, -0.2) is 54.6 Å². The number of ether oxygens (including phenoxy) is 1. The van der Waals surface area contributed by atoms with Crippen LogP contribution in [-0.2, 0) is 14.3 Å². The van der Waals surface area contributed by atoms with Gasteiger partial charge in [0, 0.05) is 13.6 Å². The van der Waals surface area contributed by atoms with E-state index >= 15 is 0 Å². The van der Waals surface area contributed by atoms with Gasteiger partial charge < -0.3 is 20.3 Å². The Kier molecular flexibility index (Phi) is 6.39. The third-order valence-corrected chi connectivity index (χ3v) is 3.02. The first-order valence-electron chi connectivity index (χ1n) is 7.37. The molecule has 0 aromatic heterocycles. The lowest BCUT2D eigenvalue weighted by atomic mass is 10.1. The summed E-state index contributed by atoms with van der Waals surface area (Å²) >= 11 is 0. The van der Waals surface area contributed by atoms with Crippen LogP contribution in [0, 0.1) is 0 Å². The second kappa shape index (κ2) is 7.82. The number of alkyl carbamates (subject to hydrolysis) is 1. The number of nitrogens with one attached hydrogen (secondary N) is 2. The van der Waals surface area contributed by atoms with Crippen LogP contribution >= 0.6 is 0 Å². The number of carbonyl (C=O) groups excluding carboxylic acids is 3. The van der Waals surface area contributed by atoms with E-state index in [9.17, 15) is 14.4 Å². The zero-order valence-corrected chi connectivity index (χ0v) is 13.6. The minimum atomic E-state index is -0.726. The molecule has 0 aliphatic carbocycles. The number of amides is 3. The molecule has 2 N–H and O–H groups in total. The first-order valence-corrected chi connectivity index (χ1v) is 7.37. The molecule has 0 bridgehead atoms. The first-order chi connectivity index (χ1) is 10.2. The van der Waals surface area contributed by atoms with E-state index in [1.807, 2.05) is 12.2 Å². The van der Waals surface area contributed by atoms with Gasteiger partial charge in [0.2, 0.25) is 11.8 Å². The summed E-state index contributed by atoms with van der Waals surface area (Å²) in [6.07, 6.45) is 4.22. The van der Waals surface area contributed by atoms with Gasteiger partial charge in [-0.25, -0.2) is 4.79 Å². The van der Waals surface area contributed by atoms with Crippen molar-refractivity contribution in [1.82, 2.24) is 15.5 Å². The van der Waals surface area contributed by atoms with E-state index in [0.717, 1.165) is 0 Å². The summed E-state index contributed by atoms with van der Waals surface area (Å²) in [5, 5.41) is 5.07.